The minimum absolute atomic E-state index is 0.0998. The van der Waals surface area contributed by atoms with Crippen LogP contribution in [-0.2, 0) is 10.0 Å². The molecule has 0 amide bonds. The number of pyridine rings is 1. The van der Waals surface area contributed by atoms with Crippen LogP contribution < -0.4 is 10.5 Å². The van der Waals surface area contributed by atoms with Gasteiger partial charge in [0, 0.05) is 18.4 Å². The van der Waals surface area contributed by atoms with Crippen molar-refractivity contribution in [2.24, 2.45) is 0 Å². The largest absolute Gasteiger partial charge is 0.397 e. The van der Waals surface area contributed by atoms with Crippen molar-refractivity contribution in [1.82, 2.24) is 9.71 Å². The van der Waals surface area contributed by atoms with Crippen LogP contribution >= 0.6 is 11.6 Å². The molecule has 2 rings (SSSR count). The molecule has 0 saturated carbocycles. The smallest absolute Gasteiger partial charge is 0.241 e. The van der Waals surface area contributed by atoms with Crippen molar-refractivity contribution in [1.29, 1.82) is 0 Å². The minimum Gasteiger partial charge on any atom is -0.397 e. The highest BCUT2D eigenvalue weighted by molar-refractivity contribution is 7.89. The zero-order valence-corrected chi connectivity index (χ0v) is 13.2. The quantitative estimate of drug-likeness (QED) is 0.846. The lowest BCUT2D eigenvalue weighted by Gasteiger charge is -2.15. The fourth-order valence-electron chi connectivity index (χ4n) is 1.94. The third kappa shape index (κ3) is 3.53. The molecular formula is C14H16ClN3O2S. The monoisotopic (exact) mass is 325 g/mol. The molecule has 0 bridgehead atoms. The van der Waals surface area contributed by atoms with Gasteiger partial charge < -0.3 is 5.73 Å². The fourth-order valence-corrected chi connectivity index (χ4v) is 3.40. The Balaban J connectivity index is 2.31. The SMILES string of the molecule is Cc1cc(S(=O)(=O)NC(C)c2ccncc2)cc(N)c1Cl. The van der Waals surface area contributed by atoms with E-state index in [0.29, 0.717) is 10.6 Å². The number of nitrogen functional groups attached to an aromatic ring is 1. The molecule has 0 fully saturated rings. The lowest BCUT2D eigenvalue weighted by atomic mass is 10.1. The number of nitrogens with two attached hydrogens (primary N) is 1. The summed E-state index contributed by atoms with van der Waals surface area (Å²) in [7, 11) is -3.68. The first-order valence-corrected chi connectivity index (χ1v) is 8.15. The summed E-state index contributed by atoms with van der Waals surface area (Å²) < 4.78 is 27.4. The average molecular weight is 326 g/mol. The van der Waals surface area contributed by atoms with E-state index in [0.717, 1.165) is 5.56 Å². The Hall–Kier alpha value is -1.63. The van der Waals surface area contributed by atoms with Gasteiger partial charge in [-0.05, 0) is 49.2 Å². The first-order chi connectivity index (χ1) is 9.81. The van der Waals surface area contributed by atoms with Gasteiger partial charge in [0.2, 0.25) is 10.0 Å². The number of nitrogens with zero attached hydrogens (tertiary/aromatic N) is 1. The Morgan fingerprint density at radius 3 is 2.48 bits per heavy atom. The number of aryl methyl sites for hydroxylation is 1. The molecule has 0 aliphatic heterocycles. The van der Waals surface area contributed by atoms with Gasteiger partial charge in [-0.1, -0.05) is 11.6 Å². The van der Waals surface area contributed by atoms with Gasteiger partial charge in [-0.25, -0.2) is 13.1 Å². The van der Waals surface area contributed by atoms with Gasteiger partial charge in [-0.3, -0.25) is 4.98 Å². The van der Waals surface area contributed by atoms with Crippen LogP contribution in [0.5, 0.6) is 0 Å². The fraction of sp³-hybridized carbons (Fsp3) is 0.214. The first-order valence-electron chi connectivity index (χ1n) is 6.29. The summed E-state index contributed by atoms with van der Waals surface area (Å²) in [5.41, 5.74) is 7.42. The van der Waals surface area contributed by atoms with Crippen LogP contribution in [0, 0.1) is 6.92 Å². The molecule has 3 N–H and O–H groups in total. The lowest BCUT2D eigenvalue weighted by molar-refractivity contribution is 0.567. The molecule has 1 atom stereocenters. The highest BCUT2D eigenvalue weighted by Crippen LogP contribution is 2.27. The summed E-state index contributed by atoms with van der Waals surface area (Å²) in [4.78, 5) is 4.01. The highest BCUT2D eigenvalue weighted by Gasteiger charge is 2.20. The van der Waals surface area contributed by atoms with E-state index in [4.69, 9.17) is 17.3 Å². The molecule has 1 aromatic carbocycles. The van der Waals surface area contributed by atoms with Crippen LogP contribution in [0.1, 0.15) is 24.1 Å². The Morgan fingerprint density at radius 1 is 1.29 bits per heavy atom. The molecule has 0 saturated heterocycles. The van der Waals surface area contributed by atoms with Crippen molar-refractivity contribution in [3.05, 3.63) is 52.8 Å². The molecular weight excluding hydrogens is 310 g/mol. The summed E-state index contributed by atoms with van der Waals surface area (Å²) in [6, 6.07) is 6.00. The normalized spacial score (nSPS) is 13.1. The number of benzene rings is 1. The second-order valence-electron chi connectivity index (χ2n) is 4.77. The second-order valence-corrected chi connectivity index (χ2v) is 6.86. The van der Waals surface area contributed by atoms with Crippen molar-refractivity contribution in [3.63, 3.8) is 0 Å². The van der Waals surface area contributed by atoms with Gasteiger partial charge in [0.1, 0.15) is 0 Å². The van der Waals surface area contributed by atoms with E-state index >= 15 is 0 Å². The van der Waals surface area contributed by atoms with Gasteiger partial charge in [0.15, 0.2) is 0 Å². The molecule has 112 valence electrons. The number of halogens is 1. The van der Waals surface area contributed by atoms with Crippen LogP contribution in [-0.4, -0.2) is 13.4 Å². The summed E-state index contributed by atoms with van der Waals surface area (Å²) in [6.07, 6.45) is 3.23. The van der Waals surface area contributed by atoms with E-state index in [-0.39, 0.29) is 16.6 Å². The maximum absolute atomic E-state index is 12.4. The standard InChI is InChI=1S/C14H16ClN3O2S/c1-9-7-12(8-13(16)14(9)15)21(19,20)18-10(2)11-3-5-17-6-4-11/h3-8,10,18H,16H2,1-2H3. The number of aromatic nitrogens is 1. The van der Waals surface area contributed by atoms with Crippen molar-refractivity contribution >= 4 is 27.3 Å². The zero-order chi connectivity index (χ0) is 15.6. The molecule has 7 heteroatoms. The Bertz CT molecular complexity index is 725. The highest BCUT2D eigenvalue weighted by atomic mass is 35.5. The lowest BCUT2D eigenvalue weighted by Crippen LogP contribution is -2.27. The Labute approximate surface area is 129 Å². The van der Waals surface area contributed by atoms with Gasteiger partial charge in [-0.2, -0.15) is 0 Å². The van der Waals surface area contributed by atoms with E-state index in [1.807, 2.05) is 0 Å². The van der Waals surface area contributed by atoms with Gasteiger partial charge >= 0.3 is 0 Å². The Morgan fingerprint density at radius 2 is 1.90 bits per heavy atom. The number of rotatable bonds is 4. The molecule has 0 spiro atoms. The molecule has 0 radical (unpaired) electrons. The van der Waals surface area contributed by atoms with Crippen LogP contribution in [0.3, 0.4) is 0 Å². The molecule has 1 unspecified atom stereocenters. The number of hydrogen-bond donors (Lipinski definition) is 2. The topological polar surface area (TPSA) is 85.1 Å². The number of hydrogen-bond acceptors (Lipinski definition) is 4. The predicted octanol–water partition coefficient (Wildman–Crippen LogP) is 2.67. The van der Waals surface area contributed by atoms with Crippen LogP contribution in [0.15, 0.2) is 41.6 Å². The third-order valence-corrected chi connectivity index (χ3v) is 5.14. The minimum atomic E-state index is -3.68. The van der Waals surface area contributed by atoms with E-state index in [1.54, 1.807) is 38.4 Å². The van der Waals surface area contributed by atoms with Crippen molar-refractivity contribution in [3.8, 4) is 0 Å². The van der Waals surface area contributed by atoms with Gasteiger partial charge in [0.05, 0.1) is 15.6 Å². The Kier molecular flexibility index (Phi) is 4.51. The third-order valence-electron chi connectivity index (χ3n) is 3.10. The molecule has 21 heavy (non-hydrogen) atoms. The molecule has 1 aromatic heterocycles. The number of sulfonamides is 1. The average Bonchev–Trinajstić information content (AvgIpc) is 2.44. The van der Waals surface area contributed by atoms with Crippen molar-refractivity contribution < 1.29 is 8.42 Å². The molecule has 0 aliphatic rings. The van der Waals surface area contributed by atoms with Crippen LogP contribution in [0.2, 0.25) is 5.02 Å². The van der Waals surface area contributed by atoms with E-state index in [9.17, 15) is 8.42 Å². The summed E-state index contributed by atoms with van der Waals surface area (Å²) in [5.74, 6) is 0. The van der Waals surface area contributed by atoms with E-state index < -0.39 is 10.0 Å². The second kappa shape index (κ2) is 6.01. The molecule has 0 aliphatic carbocycles. The predicted molar refractivity (Wildman–Crippen MR) is 83.6 cm³/mol. The van der Waals surface area contributed by atoms with Crippen LogP contribution in [0.4, 0.5) is 5.69 Å². The molecule has 1 heterocycles. The maximum Gasteiger partial charge on any atom is 0.241 e. The van der Waals surface area contributed by atoms with E-state index in [2.05, 4.69) is 9.71 Å². The molecule has 2 aromatic rings. The zero-order valence-electron chi connectivity index (χ0n) is 11.7. The van der Waals surface area contributed by atoms with E-state index in [1.165, 1.54) is 12.1 Å². The number of anilines is 1. The maximum atomic E-state index is 12.4. The molecule has 5 nitrogen and oxygen atoms in total. The summed E-state index contributed by atoms with van der Waals surface area (Å²) >= 11 is 5.95. The van der Waals surface area contributed by atoms with Crippen LogP contribution in [0.25, 0.3) is 0 Å². The van der Waals surface area contributed by atoms with Crippen molar-refractivity contribution in [2.75, 3.05) is 5.73 Å². The summed E-state index contributed by atoms with van der Waals surface area (Å²) in [6.45, 7) is 3.48. The summed E-state index contributed by atoms with van der Waals surface area (Å²) in [5, 5.41) is 0.371. The number of nitrogens with one attached hydrogen (secondary N) is 1. The van der Waals surface area contributed by atoms with Gasteiger partial charge in [0.25, 0.3) is 0 Å². The van der Waals surface area contributed by atoms with Crippen molar-refractivity contribution in [2.45, 2.75) is 24.8 Å². The first kappa shape index (κ1) is 15.8. The van der Waals surface area contributed by atoms with Gasteiger partial charge in [-0.15, -0.1) is 0 Å².